The highest BCUT2D eigenvalue weighted by Gasteiger charge is 2.13. The van der Waals surface area contributed by atoms with Crippen LogP contribution in [0.5, 0.6) is 5.75 Å². The summed E-state index contributed by atoms with van der Waals surface area (Å²) in [4.78, 5) is 24.8. The molecular formula is C30H36N2O3. The van der Waals surface area contributed by atoms with Gasteiger partial charge in [0.2, 0.25) is 5.91 Å². The first kappa shape index (κ1) is 26.1. The molecule has 35 heavy (non-hydrogen) atoms. The van der Waals surface area contributed by atoms with E-state index in [2.05, 4.69) is 17.5 Å². The molecule has 0 spiro atoms. The van der Waals surface area contributed by atoms with Crippen LogP contribution >= 0.6 is 0 Å². The first-order valence-corrected chi connectivity index (χ1v) is 12.8. The molecule has 0 heterocycles. The van der Waals surface area contributed by atoms with Gasteiger partial charge in [-0.25, -0.2) is 10.2 Å². The summed E-state index contributed by atoms with van der Waals surface area (Å²) in [5.41, 5.74) is 3.74. The van der Waals surface area contributed by atoms with Crippen molar-refractivity contribution >= 4 is 28.9 Å². The smallest absolute Gasteiger partial charge is 0.343 e. The fourth-order valence-corrected chi connectivity index (χ4v) is 4.05. The lowest BCUT2D eigenvalue weighted by Crippen LogP contribution is -2.17. The fraction of sp³-hybridized carbons (Fsp3) is 0.367. The quantitative estimate of drug-likeness (QED) is 0.0872. The van der Waals surface area contributed by atoms with Crippen molar-refractivity contribution in [2.75, 3.05) is 0 Å². The number of fused-ring (bicyclic) bond motifs is 1. The number of unbranched alkanes of at least 4 members (excludes halogenated alkanes) is 8. The third-order valence-electron chi connectivity index (χ3n) is 6.03. The number of hydrogen-bond donors (Lipinski definition) is 1. The van der Waals surface area contributed by atoms with Gasteiger partial charge in [-0.15, -0.1) is 0 Å². The van der Waals surface area contributed by atoms with Gasteiger partial charge in [-0.3, -0.25) is 4.79 Å². The summed E-state index contributed by atoms with van der Waals surface area (Å²) in [6.07, 6.45) is 12.9. The zero-order valence-corrected chi connectivity index (χ0v) is 20.7. The maximum absolute atomic E-state index is 12.6. The Labute approximate surface area is 208 Å². The van der Waals surface area contributed by atoms with E-state index < -0.39 is 5.97 Å². The first-order valence-electron chi connectivity index (χ1n) is 12.8. The van der Waals surface area contributed by atoms with E-state index in [-0.39, 0.29) is 5.91 Å². The third kappa shape index (κ3) is 8.67. The number of hydrazone groups is 1. The molecule has 184 valence electrons. The monoisotopic (exact) mass is 472 g/mol. The van der Waals surface area contributed by atoms with E-state index in [0.717, 1.165) is 23.6 Å². The number of ether oxygens (including phenoxy) is 1. The topological polar surface area (TPSA) is 67.8 Å². The maximum Gasteiger partial charge on any atom is 0.343 e. The Balaban J connectivity index is 1.54. The molecule has 5 heteroatoms. The number of esters is 1. The fourth-order valence-electron chi connectivity index (χ4n) is 4.05. The summed E-state index contributed by atoms with van der Waals surface area (Å²) in [6.45, 7) is 2.23. The number of nitrogens with one attached hydrogen (secondary N) is 1. The van der Waals surface area contributed by atoms with Crippen LogP contribution in [0.3, 0.4) is 0 Å². The molecule has 0 fully saturated rings. The van der Waals surface area contributed by atoms with E-state index in [1.807, 2.05) is 36.4 Å². The minimum Gasteiger partial charge on any atom is -0.422 e. The van der Waals surface area contributed by atoms with Crippen molar-refractivity contribution in [1.29, 1.82) is 0 Å². The van der Waals surface area contributed by atoms with Crippen molar-refractivity contribution in [1.82, 2.24) is 5.43 Å². The van der Waals surface area contributed by atoms with Gasteiger partial charge in [0.1, 0.15) is 5.75 Å². The van der Waals surface area contributed by atoms with E-state index in [0.29, 0.717) is 23.3 Å². The van der Waals surface area contributed by atoms with Crippen molar-refractivity contribution in [2.45, 2.75) is 71.1 Å². The third-order valence-corrected chi connectivity index (χ3v) is 6.03. The van der Waals surface area contributed by atoms with Crippen LogP contribution < -0.4 is 10.2 Å². The Morgan fingerprint density at radius 1 is 0.800 bits per heavy atom. The highest BCUT2D eigenvalue weighted by Crippen LogP contribution is 2.27. The molecule has 5 nitrogen and oxygen atoms in total. The molecule has 0 aliphatic rings. The predicted molar refractivity (Wildman–Crippen MR) is 143 cm³/mol. The molecule has 1 amide bonds. The molecule has 0 unspecified atom stereocenters. The molecule has 0 aromatic heterocycles. The predicted octanol–water partition coefficient (Wildman–Crippen LogP) is 7.43. The summed E-state index contributed by atoms with van der Waals surface area (Å²) < 4.78 is 5.69. The van der Waals surface area contributed by atoms with Crippen LogP contribution in [0.2, 0.25) is 0 Å². The SMILES string of the molecule is CCCCCCCCCCCC(=O)NN=Cc1c(OC(=O)c2ccccc2)ccc2ccccc12. The first-order chi connectivity index (χ1) is 17.2. The Morgan fingerprint density at radius 2 is 1.46 bits per heavy atom. The lowest BCUT2D eigenvalue weighted by atomic mass is 10.0. The number of nitrogens with zero attached hydrogens (tertiary/aromatic N) is 1. The summed E-state index contributed by atoms with van der Waals surface area (Å²) >= 11 is 0. The summed E-state index contributed by atoms with van der Waals surface area (Å²) in [6, 6.07) is 20.3. The van der Waals surface area contributed by atoms with Crippen molar-refractivity contribution in [3.8, 4) is 5.75 Å². The minimum atomic E-state index is -0.440. The highest BCUT2D eigenvalue weighted by molar-refractivity contribution is 6.04. The average molecular weight is 473 g/mol. The minimum absolute atomic E-state index is 0.104. The van der Waals surface area contributed by atoms with Crippen LogP contribution in [0, 0.1) is 0 Å². The van der Waals surface area contributed by atoms with Crippen LogP contribution in [-0.4, -0.2) is 18.1 Å². The molecule has 0 bridgehead atoms. The molecular weight excluding hydrogens is 436 g/mol. The van der Waals surface area contributed by atoms with Gasteiger partial charge in [-0.05, 0) is 35.4 Å². The maximum atomic E-state index is 12.6. The number of amides is 1. The van der Waals surface area contributed by atoms with Gasteiger partial charge in [0.15, 0.2) is 0 Å². The largest absolute Gasteiger partial charge is 0.422 e. The van der Waals surface area contributed by atoms with Crippen LogP contribution in [0.15, 0.2) is 71.8 Å². The van der Waals surface area contributed by atoms with E-state index in [9.17, 15) is 9.59 Å². The van der Waals surface area contributed by atoms with Crippen molar-refractivity contribution in [3.05, 3.63) is 77.9 Å². The van der Waals surface area contributed by atoms with Gasteiger partial charge in [0.05, 0.1) is 11.8 Å². The molecule has 3 rings (SSSR count). The summed E-state index contributed by atoms with van der Waals surface area (Å²) in [5, 5.41) is 6.06. The second kappa shape index (κ2) is 14.7. The number of hydrogen-bond acceptors (Lipinski definition) is 4. The Kier molecular flexibility index (Phi) is 11.0. The lowest BCUT2D eigenvalue weighted by molar-refractivity contribution is -0.121. The molecule has 0 radical (unpaired) electrons. The number of carbonyl (C=O) groups is 2. The molecule has 1 N–H and O–H groups in total. The number of carbonyl (C=O) groups excluding carboxylic acids is 2. The standard InChI is InChI=1S/C30H36N2O3/c1-2-3-4-5-6-7-8-9-13-20-29(33)32-31-23-27-26-19-15-14-16-24(26)21-22-28(27)35-30(34)25-17-11-10-12-18-25/h10-12,14-19,21-23H,2-9,13,20H2,1H3,(H,32,33). The van der Waals surface area contributed by atoms with Gasteiger partial charge in [0.25, 0.3) is 0 Å². The molecule has 0 saturated heterocycles. The molecule has 0 atom stereocenters. The second-order valence-corrected chi connectivity index (χ2v) is 8.83. The van der Waals surface area contributed by atoms with E-state index in [1.54, 1.807) is 36.5 Å². The van der Waals surface area contributed by atoms with Crippen LogP contribution in [0.1, 0.15) is 87.1 Å². The van der Waals surface area contributed by atoms with Crippen molar-refractivity contribution in [2.24, 2.45) is 5.10 Å². The van der Waals surface area contributed by atoms with Crippen LogP contribution in [0.4, 0.5) is 0 Å². The molecule has 0 aliphatic heterocycles. The number of benzene rings is 3. The Morgan fingerprint density at radius 3 is 2.20 bits per heavy atom. The zero-order chi connectivity index (χ0) is 24.7. The van der Waals surface area contributed by atoms with Gasteiger partial charge in [0, 0.05) is 12.0 Å². The molecule has 0 saturated carbocycles. The average Bonchev–Trinajstić information content (AvgIpc) is 2.89. The van der Waals surface area contributed by atoms with E-state index in [4.69, 9.17) is 4.74 Å². The highest BCUT2D eigenvalue weighted by atomic mass is 16.5. The Bertz CT molecular complexity index is 1110. The van der Waals surface area contributed by atoms with Gasteiger partial charge >= 0.3 is 5.97 Å². The molecule has 3 aromatic carbocycles. The van der Waals surface area contributed by atoms with Crippen molar-refractivity contribution in [3.63, 3.8) is 0 Å². The normalized spacial score (nSPS) is 11.1. The Hall–Kier alpha value is -3.47. The van der Waals surface area contributed by atoms with Gasteiger partial charge in [-0.2, -0.15) is 5.10 Å². The van der Waals surface area contributed by atoms with E-state index in [1.165, 1.54) is 44.9 Å². The molecule has 3 aromatic rings. The summed E-state index contributed by atoms with van der Waals surface area (Å²) in [7, 11) is 0. The van der Waals surface area contributed by atoms with Crippen LogP contribution in [0.25, 0.3) is 10.8 Å². The van der Waals surface area contributed by atoms with Crippen LogP contribution in [-0.2, 0) is 4.79 Å². The van der Waals surface area contributed by atoms with Gasteiger partial charge in [-0.1, -0.05) is 107 Å². The summed E-state index contributed by atoms with van der Waals surface area (Å²) in [5.74, 6) is -0.147. The van der Waals surface area contributed by atoms with E-state index >= 15 is 0 Å². The zero-order valence-electron chi connectivity index (χ0n) is 20.7. The van der Waals surface area contributed by atoms with Crippen molar-refractivity contribution < 1.29 is 14.3 Å². The molecule has 0 aliphatic carbocycles. The second-order valence-electron chi connectivity index (χ2n) is 8.83. The van der Waals surface area contributed by atoms with Gasteiger partial charge < -0.3 is 4.74 Å². The number of rotatable bonds is 14. The lowest BCUT2D eigenvalue weighted by Gasteiger charge is -2.10.